The van der Waals surface area contributed by atoms with Gasteiger partial charge >= 0.3 is 0 Å². The molecule has 1 aromatic carbocycles. The van der Waals surface area contributed by atoms with E-state index in [0.29, 0.717) is 24.2 Å². The third-order valence-electron chi connectivity index (χ3n) is 3.41. The molecule has 0 aliphatic heterocycles. The van der Waals surface area contributed by atoms with Crippen molar-refractivity contribution in [1.82, 2.24) is 0 Å². The number of hydrogen-bond donors (Lipinski definition) is 1. The summed E-state index contributed by atoms with van der Waals surface area (Å²) >= 11 is 0. The molecule has 0 saturated heterocycles. The summed E-state index contributed by atoms with van der Waals surface area (Å²) < 4.78 is 5.96. The molecule has 0 aromatic heterocycles. The van der Waals surface area contributed by atoms with Crippen molar-refractivity contribution in [2.45, 2.75) is 53.1 Å². The molecule has 0 unspecified atom stereocenters. The molecular formula is C17H25NO3. The SMILES string of the molecule is CCC(=O)c1cccc(OC(C)(C)CC(C)(C)C(N)=O)c1. The molecule has 2 N–H and O–H groups in total. The molecule has 0 aliphatic carbocycles. The average molecular weight is 291 g/mol. The molecule has 0 fully saturated rings. The summed E-state index contributed by atoms with van der Waals surface area (Å²) in [6, 6.07) is 7.13. The molecular weight excluding hydrogens is 266 g/mol. The molecule has 1 aromatic rings. The Morgan fingerprint density at radius 2 is 1.81 bits per heavy atom. The summed E-state index contributed by atoms with van der Waals surface area (Å²) in [7, 11) is 0. The van der Waals surface area contributed by atoms with Crippen LogP contribution in [0.2, 0.25) is 0 Å². The molecule has 1 amide bonds. The van der Waals surface area contributed by atoms with Gasteiger partial charge in [0.15, 0.2) is 5.78 Å². The maximum atomic E-state index is 11.7. The van der Waals surface area contributed by atoms with Crippen molar-refractivity contribution in [2.75, 3.05) is 0 Å². The summed E-state index contributed by atoms with van der Waals surface area (Å²) in [4.78, 5) is 23.2. The molecule has 1 rings (SSSR count). The normalized spacial score (nSPS) is 12.0. The van der Waals surface area contributed by atoms with E-state index in [9.17, 15) is 9.59 Å². The van der Waals surface area contributed by atoms with E-state index in [4.69, 9.17) is 10.5 Å². The first kappa shape index (κ1) is 17.2. The van der Waals surface area contributed by atoms with Crippen molar-refractivity contribution in [2.24, 2.45) is 11.1 Å². The largest absolute Gasteiger partial charge is 0.488 e. The first-order chi connectivity index (χ1) is 9.57. The zero-order valence-corrected chi connectivity index (χ0v) is 13.5. The van der Waals surface area contributed by atoms with Crippen LogP contribution in [0.3, 0.4) is 0 Å². The van der Waals surface area contributed by atoms with Crippen molar-refractivity contribution >= 4 is 11.7 Å². The number of amides is 1. The highest BCUT2D eigenvalue weighted by Crippen LogP contribution is 2.31. The second kappa shape index (κ2) is 6.29. The predicted octanol–water partition coefficient (Wildman–Crippen LogP) is 3.34. The minimum atomic E-state index is -0.652. The van der Waals surface area contributed by atoms with Crippen molar-refractivity contribution < 1.29 is 14.3 Å². The van der Waals surface area contributed by atoms with Gasteiger partial charge in [-0.05, 0) is 26.0 Å². The third-order valence-corrected chi connectivity index (χ3v) is 3.41. The van der Waals surface area contributed by atoms with Gasteiger partial charge in [-0.1, -0.05) is 32.9 Å². The number of ketones is 1. The van der Waals surface area contributed by atoms with E-state index in [1.807, 2.05) is 26.8 Å². The second-order valence-electron chi connectivity index (χ2n) is 6.59. The smallest absolute Gasteiger partial charge is 0.223 e. The van der Waals surface area contributed by atoms with Crippen LogP contribution in [0.5, 0.6) is 5.75 Å². The summed E-state index contributed by atoms with van der Waals surface area (Å²) in [5.41, 5.74) is 4.84. The zero-order chi connectivity index (χ0) is 16.3. The van der Waals surface area contributed by atoms with Gasteiger partial charge in [0.25, 0.3) is 0 Å². The summed E-state index contributed by atoms with van der Waals surface area (Å²) in [6.07, 6.45) is 0.947. The van der Waals surface area contributed by atoms with Crippen LogP contribution in [0.4, 0.5) is 0 Å². The Labute approximate surface area is 126 Å². The molecule has 4 nitrogen and oxygen atoms in total. The van der Waals surface area contributed by atoms with E-state index in [0.717, 1.165) is 0 Å². The van der Waals surface area contributed by atoms with Gasteiger partial charge in [-0.15, -0.1) is 0 Å². The molecule has 0 radical (unpaired) electrons. The number of nitrogens with two attached hydrogens (primary N) is 1. The fourth-order valence-electron chi connectivity index (χ4n) is 2.44. The zero-order valence-electron chi connectivity index (χ0n) is 13.5. The Kier molecular flexibility index (Phi) is 5.15. The van der Waals surface area contributed by atoms with Crippen LogP contribution in [-0.4, -0.2) is 17.3 Å². The molecule has 116 valence electrons. The van der Waals surface area contributed by atoms with Crippen LogP contribution >= 0.6 is 0 Å². The van der Waals surface area contributed by atoms with Gasteiger partial charge in [0.2, 0.25) is 5.91 Å². The lowest BCUT2D eigenvalue weighted by atomic mass is 9.81. The lowest BCUT2D eigenvalue weighted by molar-refractivity contribution is -0.128. The highest BCUT2D eigenvalue weighted by Gasteiger charge is 2.34. The van der Waals surface area contributed by atoms with Crippen molar-refractivity contribution in [3.63, 3.8) is 0 Å². The maximum absolute atomic E-state index is 11.7. The van der Waals surface area contributed by atoms with E-state index in [2.05, 4.69) is 0 Å². The maximum Gasteiger partial charge on any atom is 0.223 e. The van der Waals surface area contributed by atoms with Gasteiger partial charge in [-0.3, -0.25) is 9.59 Å². The van der Waals surface area contributed by atoms with Crippen LogP contribution in [0, 0.1) is 5.41 Å². The minimum Gasteiger partial charge on any atom is -0.488 e. The van der Waals surface area contributed by atoms with Crippen LogP contribution in [0.1, 0.15) is 57.8 Å². The Morgan fingerprint density at radius 3 is 2.33 bits per heavy atom. The number of hydrogen-bond acceptors (Lipinski definition) is 3. The quantitative estimate of drug-likeness (QED) is 0.783. The Hall–Kier alpha value is -1.84. The first-order valence-corrected chi connectivity index (χ1v) is 7.19. The summed E-state index contributed by atoms with van der Waals surface area (Å²) in [6.45, 7) is 9.25. The third kappa shape index (κ3) is 4.88. The first-order valence-electron chi connectivity index (χ1n) is 7.19. The Balaban J connectivity index is 2.89. The molecule has 0 bridgehead atoms. The number of carbonyl (C=O) groups excluding carboxylic acids is 2. The van der Waals surface area contributed by atoms with Crippen LogP contribution in [-0.2, 0) is 4.79 Å². The molecule has 0 atom stereocenters. The molecule has 0 heterocycles. The average Bonchev–Trinajstić information content (AvgIpc) is 2.35. The van der Waals surface area contributed by atoms with Crippen LogP contribution < -0.4 is 10.5 Å². The highest BCUT2D eigenvalue weighted by atomic mass is 16.5. The van der Waals surface area contributed by atoms with E-state index in [1.165, 1.54) is 0 Å². The Morgan fingerprint density at radius 1 is 1.19 bits per heavy atom. The number of rotatable bonds is 7. The van der Waals surface area contributed by atoms with Crippen molar-refractivity contribution in [3.05, 3.63) is 29.8 Å². The van der Waals surface area contributed by atoms with Gasteiger partial charge in [-0.2, -0.15) is 0 Å². The number of Topliss-reactive ketones (excluding diaryl/α,β-unsaturated/α-hetero) is 1. The van der Waals surface area contributed by atoms with Crippen LogP contribution in [0.25, 0.3) is 0 Å². The second-order valence-corrected chi connectivity index (χ2v) is 6.59. The number of ether oxygens (including phenoxy) is 1. The fourth-order valence-corrected chi connectivity index (χ4v) is 2.44. The number of carbonyl (C=O) groups is 2. The van der Waals surface area contributed by atoms with E-state index in [-0.39, 0.29) is 11.7 Å². The molecule has 21 heavy (non-hydrogen) atoms. The lowest BCUT2D eigenvalue weighted by Crippen LogP contribution is -2.41. The van der Waals surface area contributed by atoms with Gasteiger partial charge in [0.1, 0.15) is 11.4 Å². The summed E-state index contributed by atoms with van der Waals surface area (Å²) in [5, 5.41) is 0. The van der Waals surface area contributed by atoms with Gasteiger partial charge < -0.3 is 10.5 Å². The highest BCUT2D eigenvalue weighted by molar-refractivity contribution is 5.96. The van der Waals surface area contributed by atoms with E-state index >= 15 is 0 Å². The predicted molar refractivity (Wildman–Crippen MR) is 83.4 cm³/mol. The summed E-state index contributed by atoms with van der Waals surface area (Å²) in [5.74, 6) is 0.351. The molecule has 4 heteroatoms. The standard InChI is InChI=1S/C17H25NO3/c1-6-14(19)12-8-7-9-13(10-12)21-17(4,5)11-16(2,3)15(18)20/h7-10H,6,11H2,1-5H3,(H2,18,20). The lowest BCUT2D eigenvalue weighted by Gasteiger charge is -2.33. The number of benzene rings is 1. The monoisotopic (exact) mass is 291 g/mol. The van der Waals surface area contributed by atoms with E-state index < -0.39 is 11.0 Å². The minimum absolute atomic E-state index is 0.0794. The Bertz CT molecular complexity index is 533. The van der Waals surface area contributed by atoms with Crippen molar-refractivity contribution in [1.29, 1.82) is 0 Å². The van der Waals surface area contributed by atoms with Crippen molar-refractivity contribution in [3.8, 4) is 5.75 Å². The number of primary amides is 1. The van der Waals surface area contributed by atoms with Gasteiger partial charge in [-0.25, -0.2) is 0 Å². The van der Waals surface area contributed by atoms with Gasteiger partial charge in [0.05, 0.1) is 0 Å². The fraction of sp³-hybridized carbons (Fsp3) is 0.529. The van der Waals surface area contributed by atoms with E-state index in [1.54, 1.807) is 32.0 Å². The van der Waals surface area contributed by atoms with Crippen LogP contribution in [0.15, 0.2) is 24.3 Å². The van der Waals surface area contributed by atoms with Gasteiger partial charge in [0, 0.05) is 23.8 Å². The topological polar surface area (TPSA) is 69.4 Å². The molecule has 0 spiro atoms. The molecule has 0 saturated carbocycles. The molecule has 0 aliphatic rings.